The smallest absolute Gasteiger partial charge is 0.270 e. The van der Waals surface area contributed by atoms with E-state index >= 15 is 0 Å². The highest BCUT2D eigenvalue weighted by atomic mass is 35.5. The highest BCUT2D eigenvalue weighted by Crippen LogP contribution is 2.46. The Bertz CT molecular complexity index is 4390. The van der Waals surface area contributed by atoms with E-state index in [2.05, 4.69) is 99.5 Å². The molecule has 0 aliphatic carbocycles. The maximum absolute atomic E-state index is 14.6. The van der Waals surface area contributed by atoms with Crippen LogP contribution in [0, 0.1) is 93.3 Å². The molecule has 27 nitrogen and oxygen atoms in total. The van der Waals surface area contributed by atoms with Crippen LogP contribution < -0.4 is 41.7 Å². The molecule has 18 rings (SSSR count). The van der Waals surface area contributed by atoms with Gasteiger partial charge in [-0.05, 0) is 152 Å². The lowest BCUT2D eigenvalue weighted by Gasteiger charge is -2.56. The van der Waals surface area contributed by atoms with Crippen molar-refractivity contribution in [1.29, 1.82) is 15.8 Å². The van der Waals surface area contributed by atoms with Gasteiger partial charge in [-0.15, -0.1) is 0 Å². The monoisotopic (exact) mass is 1510 g/mol. The molecule has 2 aromatic heterocycles. The molecule has 0 bridgehead atoms. The molecule has 12 fully saturated rings. The first-order valence-corrected chi connectivity index (χ1v) is 36.9. The van der Waals surface area contributed by atoms with Crippen LogP contribution in [0.3, 0.4) is 0 Å². The van der Waals surface area contributed by atoms with Gasteiger partial charge < -0.3 is 60.6 Å². The average Bonchev–Trinajstić information content (AvgIpc) is 1.20. The van der Waals surface area contributed by atoms with E-state index in [9.17, 15) is 33.4 Å². The molecule has 12 aliphatic heterocycles. The van der Waals surface area contributed by atoms with Crippen molar-refractivity contribution in [3.63, 3.8) is 0 Å². The van der Waals surface area contributed by atoms with E-state index < -0.39 is 27.3 Å². The SMILES string of the molecule is C1NCC12COC2.CC1(C)CC(Nc2nc(Nc3ccc(N4CC5(COC5)C4)c(Cl)c3)ncc2F)C[C@@H]2CCCN21.CC1(C)C[C@H](Nc2nc(Cl)ncc2F)C[C@@H]2CCCN21.N#Cc1cc(N)ccc1N1CC2(COC2)C1.N#Cc1cc([N+](=O)[O-])ccc1F.N#Cc1cc([N+](=O)[O-])ccc1N1CC2(COC2)C1. The fourth-order valence-electron chi connectivity index (χ4n) is 16.8. The molecule has 12 saturated heterocycles. The predicted octanol–water partition coefficient (Wildman–Crippen LogP) is 11.2. The maximum Gasteiger partial charge on any atom is 0.270 e. The summed E-state index contributed by atoms with van der Waals surface area (Å²) in [5, 5.41) is 61.0. The van der Waals surface area contributed by atoms with Crippen molar-refractivity contribution in [2.45, 2.75) is 114 Å². The highest BCUT2D eigenvalue weighted by molar-refractivity contribution is 6.33. The molecular formula is C75H88Cl2F3N19O8. The highest BCUT2D eigenvalue weighted by Gasteiger charge is 2.52. The Morgan fingerprint density at radius 2 is 1.01 bits per heavy atom. The minimum atomic E-state index is -0.747. The van der Waals surface area contributed by atoms with Crippen molar-refractivity contribution in [2.24, 2.45) is 21.7 Å². The number of nitrogens with two attached hydrogens (primary N) is 1. The number of nitrogens with zero attached hydrogens (tertiary/aromatic N) is 14. The number of nitrogen functional groups attached to an aromatic ring is 1. The zero-order valence-corrected chi connectivity index (χ0v) is 61.8. The fourth-order valence-corrected chi connectivity index (χ4v) is 17.2. The number of benzene rings is 4. The third-order valence-electron chi connectivity index (χ3n) is 22.4. The molecule has 4 aromatic carbocycles. The largest absolute Gasteiger partial charge is 0.399 e. The van der Waals surface area contributed by atoms with Crippen LogP contribution >= 0.6 is 23.2 Å². The van der Waals surface area contributed by atoms with E-state index in [0.29, 0.717) is 56.1 Å². The number of fused-ring (bicyclic) bond motifs is 2. The first kappa shape index (κ1) is 76.2. The Balaban J connectivity index is 0.000000120. The van der Waals surface area contributed by atoms with Crippen LogP contribution in [0.4, 0.5) is 70.6 Å². The molecular weight excluding hydrogens is 1420 g/mol. The molecule has 0 amide bonds. The van der Waals surface area contributed by atoms with E-state index in [1.165, 1.54) is 69.7 Å². The van der Waals surface area contributed by atoms with Crippen LogP contribution in [0.5, 0.6) is 0 Å². The minimum Gasteiger partial charge on any atom is -0.399 e. The zero-order chi connectivity index (χ0) is 75.6. The van der Waals surface area contributed by atoms with Gasteiger partial charge in [-0.1, -0.05) is 11.6 Å². The minimum absolute atomic E-state index is 0.0440. The van der Waals surface area contributed by atoms with E-state index in [1.54, 1.807) is 12.1 Å². The number of ether oxygens (including phenoxy) is 4. The van der Waals surface area contributed by atoms with Gasteiger partial charge in [0.15, 0.2) is 23.3 Å². The lowest BCUT2D eigenvalue weighted by atomic mass is 9.77. The summed E-state index contributed by atoms with van der Waals surface area (Å²) in [5.74, 6) is -0.806. The average molecular weight is 1510 g/mol. The summed E-state index contributed by atoms with van der Waals surface area (Å²) in [4.78, 5) is 47.6. The molecule has 107 heavy (non-hydrogen) atoms. The lowest BCUT2D eigenvalue weighted by Crippen LogP contribution is -2.66. The summed E-state index contributed by atoms with van der Waals surface area (Å²) < 4.78 is 61.7. The number of nitro benzene ring substituents is 2. The van der Waals surface area contributed by atoms with Crippen LogP contribution in [0.2, 0.25) is 10.3 Å². The predicted molar refractivity (Wildman–Crippen MR) is 398 cm³/mol. The number of nitriles is 3. The van der Waals surface area contributed by atoms with Crippen LogP contribution in [-0.2, 0) is 18.9 Å². The third-order valence-corrected chi connectivity index (χ3v) is 22.9. The molecule has 6 aromatic rings. The summed E-state index contributed by atoms with van der Waals surface area (Å²) in [6.07, 6.45) is 11.3. The number of non-ortho nitro benzene ring substituents is 2. The van der Waals surface area contributed by atoms with Crippen LogP contribution in [0.1, 0.15) is 95.8 Å². The van der Waals surface area contributed by atoms with Crippen molar-refractivity contribution in [3.8, 4) is 18.2 Å². The molecule has 32 heteroatoms. The number of halogens is 5. The van der Waals surface area contributed by atoms with Crippen molar-refractivity contribution in [1.82, 2.24) is 35.1 Å². The Labute approximate surface area is 629 Å². The van der Waals surface area contributed by atoms with Crippen LogP contribution in [0.15, 0.2) is 85.2 Å². The van der Waals surface area contributed by atoms with Gasteiger partial charge in [0.25, 0.3) is 11.4 Å². The second-order valence-electron chi connectivity index (χ2n) is 31.8. The molecule has 0 radical (unpaired) electrons. The molecule has 1 unspecified atom stereocenters. The molecule has 12 aliphatic rings. The van der Waals surface area contributed by atoms with Gasteiger partial charge in [0.05, 0.1) is 130 Å². The van der Waals surface area contributed by atoms with Gasteiger partial charge in [-0.25, -0.2) is 23.1 Å². The zero-order valence-electron chi connectivity index (χ0n) is 60.3. The fraction of sp³-hybridized carbons (Fsp3) is 0.533. The number of aromatic nitrogens is 4. The summed E-state index contributed by atoms with van der Waals surface area (Å²) in [6, 6.07) is 25.9. The second kappa shape index (κ2) is 31.3. The Morgan fingerprint density at radius 1 is 0.570 bits per heavy atom. The molecule has 0 saturated carbocycles. The molecule has 4 atom stereocenters. The summed E-state index contributed by atoms with van der Waals surface area (Å²) in [6.45, 7) is 26.4. The van der Waals surface area contributed by atoms with Crippen LogP contribution in [-0.4, -0.2) is 193 Å². The van der Waals surface area contributed by atoms with Gasteiger partial charge in [-0.2, -0.15) is 25.8 Å². The first-order chi connectivity index (χ1) is 51.2. The summed E-state index contributed by atoms with van der Waals surface area (Å²) in [5.41, 5.74) is 12.1. The van der Waals surface area contributed by atoms with E-state index in [4.69, 9.17) is 63.7 Å². The first-order valence-electron chi connectivity index (χ1n) is 36.1. The molecule has 566 valence electrons. The van der Waals surface area contributed by atoms with Gasteiger partial charge in [0.2, 0.25) is 11.2 Å². The number of hydrogen-bond donors (Lipinski definition) is 5. The molecule has 4 spiro atoms. The van der Waals surface area contributed by atoms with Gasteiger partial charge in [0.1, 0.15) is 24.0 Å². The number of nitrogens with one attached hydrogen (secondary N) is 4. The Hall–Kier alpha value is -9.00. The summed E-state index contributed by atoms with van der Waals surface area (Å²) in [7, 11) is 0. The molecule has 6 N–H and O–H groups in total. The Kier molecular flexibility index (Phi) is 22.3. The van der Waals surface area contributed by atoms with Crippen molar-refractivity contribution >= 4 is 80.6 Å². The van der Waals surface area contributed by atoms with Crippen molar-refractivity contribution in [3.05, 3.63) is 150 Å². The van der Waals surface area contributed by atoms with Gasteiger partial charge in [0, 0.05) is 129 Å². The maximum atomic E-state index is 14.6. The van der Waals surface area contributed by atoms with Crippen molar-refractivity contribution < 1.29 is 42.0 Å². The van der Waals surface area contributed by atoms with E-state index in [0.717, 1.165) is 171 Å². The third kappa shape index (κ3) is 17.0. The lowest BCUT2D eigenvalue weighted by molar-refractivity contribution is -0.385. The standard InChI is InChI=1S/C25H32ClFN6O.C14H20ClFN4.C12H11N3O3.C12H13N3O.C7H3FN2O2.C5H9NO/c1-24(2)10-17(8-18-4-3-7-33(18)24)29-22-20(27)11-28-23(31-22)30-16-5-6-21(19(26)9-16)32-12-25(13-32)14-34-15-25;1-14(2)7-9(6-10-4-3-5-20(10)14)18-12-11(16)8-17-13(15)19-12;13-4-9-3-10(15(16)17)1-2-11(9)14-5-12(6-14)7-18-8-12;13-4-9-3-10(14)1-2-11(9)15-5-12(6-15)7-16-8-12;8-7-2-1-6(10(11)12)3-5(7)4-9;1-5(2-6-1)3-7-4-5/h5-6,9,11,17-18H,3-4,7-8,10,12-15H2,1-2H3,(H2,28,29,30,31);8-10H,3-7H2,1-2H3,(H,17,18,19);1-3H,5-8H2;1-3H,5-8,14H2;1-3H;6H,1-4H2/t17?,18-;9-,10+;;;;/m01..../s1. The number of hydrogen-bond acceptors (Lipinski definition) is 25. The second-order valence-corrected chi connectivity index (χ2v) is 32.6. The van der Waals surface area contributed by atoms with Gasteiger partial charge in [-0.3, -0.25) is 30.0 Å². The number of piperidine rings is 2. The van der Waals surface area contributed by atoms with Gasteiger partial charge >= 0.3 is 0 Å². The van der Waals surface area contributed by atoms with Crippen LogP contribution in [0.25, 0.3) is 0 Å². The Morgan fingerprint density at radius 3 is 1.45 bits per heavy atom. The quantitative estimate of drug-likeness (QED) is 0.0348. The number of rotatable bonds is 11. The summed E-state index contributed by atoms with van der Waals surface area (Å²) >= 11 is 12.3. The van der Waals surface area contributed by atoms with E-state index in [-0.39, 0.29) is 62.4 Å². The number of nitro groups is 2. The van der Waals surface area contributed by atoms with E-state index in [1.807, 2.05) is 36.4 Å². The normalized spacial score (nSPS) is 23.8. The topological polar surface area (TPSA) is 336 Å². The van der Waals surface area contributed by atoms with Crippen molar-refractivity contribution in [2.75, 3.05) is 155 Å². The number of anilines is 8. The molecule has 14 heterocycles.